The summed E-state index contributed by atoms with van der Waals surface area (Å²) in [6.07, 6.45) is 1.43. The first-order chi connectivity index (χ1) is 16.9. The summed E-state index contributed by atoms with van der Waals surface area (Å²) in [5, 5.41) is 24.5. The average Bonchev–Trinajstić information content (AvgIpc) is 3.44. The number of hydrogen-bond acceptors (Lipinski definition) is 11. The molecule has 3 rings (SSSR count). The van der Waals surface area contributed by atoms with Crippen molar-refractivity contribution in [2.75, 3.05) is 19.6 Å². The number of hydrogen-bond donors (Lipinski definition) is 5. The van der Waals surface area contributed by atoms with Gasteiger partial charge in [0.25, 0.3) is 0 Å². The quantitative estimate of drug-likeness (QED) is 0.146. The fraction of sp³-hybridized carbons (Fsp3) is 0.500. The van der Waals surface area contributed by atoms with Crippen molar-refractivity contribution < 1.29 is 23.1 Å². The summed E-state index contributed by atoms with van der Waals surface area (Å²) in [7, 11) is -4.35. The van der Waals surface area contributed by atoms with E-state index >= 15 is 0 Å². The summed E-state index contributed by atoms with van der Waals surface area (Å²) >= 11 is 1.04. The maximum Gasteiger partial charge on any atom is 0.340 e. The number of aliphatic carboxylic acids is 1. The Hall–Kier alpha value is -2.94. The number of nitrogens with one attached hydrogen (secondary N) is 3. The number of aryl methyl sites for hydroxylation is 4. The van der Waals surface area contributed by atoms with Gasteiger partial charge in [-0.3, -0.25) is 9.79 Å². The summed E-state index contributed by atoms with van der Waals surface area (Å²) < 4.78 is 28.2. The van der Waals surface area contributed by atoms with E-state index in [-0.39, 0.29) is 9.90 Å². The number of nitrogens with two attached hydrogens (primary N) is 1. The van der Waals surface area contributed by atoms with Gasteiger partial charge in [0.15, 0.2) is 22.4 Å². The average molecular weight is 538 g/mol. The van der Waals surface area contributed by atoms with Gasteiger partial charge < -0.3 is 21.5 Å². The maximum atomic E-state index is 13.1. The van der Waals surface area contributed by atoms with E-state index in [9.17, 15) is 23.1 Å². The van der Waals surface area contributed by atoms with Gasteiger partial charge >= 0.3 is 5.97 Å². The zero-order valence-corrected chi connectivity index (χ0v) is 22.1. The lowest BCUT2D eigenvalue weighted by molar-refractivity contribution is -0.143. The van der Waals surface area contributed by atoms with E-state index in [0.717, 1.165) is 55.3 Å². The molecule has 0 bridgehead atoms. The van der Waals surface area contributed by atoms with Crippen molar-refractivity contribution in [1.29, 1.82) is 0 Å². The van der Waals surface area contributed by atoms with Gasteiger partial charge in [-0.05, 0) is 44.7 Å². The Morgan fingerprint density at radius 1 is 1.19 bits per heavy atom. The van der Waals surface area contributed by atoms with Crippen molar-refractivity contribution in [3.05, 3.63) is 38.8 Å². The van der Waals surface area contributed by atoms with E-state index in [2.05, 4.69) is 25.8 Å². The number of aromatic nitrogens is 2. The Morgan fingerprint density at radius 2 is 1.89 bits per heavy atom. The van der Waals surface area contributed by atoms with Crippen molar-refractivity contribution >= 4 is 39.1 Å². The zero-order valence-electron chi connectivity index (χ0n) is 20.4. The molecule has 1 unspecified atom stereocenters. The smallest absolute Gasteiger partial charge is 0.340 e. The van der Waals surface area contributed by atoms with Crippen LogP contribution < -0.4 is 21.1 Å². The molecule has 1 atom stereocenters. The van der Waals surface area contributed by atoms with Crippen LogP contribution in [0, 0.1) is 20.8 Å². The van der Waals surface area contributed by atoms with E-state index < -0.39 is 33.9 Å². The van der Waals surface area contributed by atoms with Gasteiger partial charge in [-0.2, -0.15) is 4.72 Å². The first kappa shape index (κ1) is 27.6. The van der Waals surface area contributed by atoms with E-state index in [4.69, 9.17) is 5.73 Å². The second kappa shape index (κ2) is 11.4. The third-order valence-electron chi connectivity index (χ3n) is 5.50. The topological polar surface area (TPSA) is 189 Å². The molecule has 0 aliphatic carbocycles. The molecule has 2 heterocycles. The SMILES string of the molecule is Cc1cc(C)c(S(=O)(=O)NC(N)(CC(=O)c2nnc(CCCCNC3=NCCN3)s2)C(=O)O)c(C)c1. The van der Waals surface area contributed by atoms with Crippen LogP contribution in [0.1, 0.15) is 50.8 Å². The van der Waals surface area contributed by atoms with Gasteiger partial charge in [-0.25, -0.2) is 13.2 Å². The molecule has 1 aromatic carbocycles. The molecule has 2 aromatic rings. The summed E-state index contributed by atoms with van der Waals surface area (Å²) in [5.41, 5.74) is 5.11. The lowest BCUT2D eigenvalue weighted by atomic mass is 10.1. The summed E-state index contributed by atoms with van der Waals surface area (Å²) in [4.78, 5) is 29.0. The van der Waals surface area contributed by atoms with Crippen LogP contribution in [0.5, 0.6) is 0 Å². The molecule has 1 aromatic heterocycles. The third-order valence-corrected chi connectivity index (χ3v) is 8.34. The maximum absolute atomic E-state index is 13.1. The van der Waals surface area contributed by atoms with Gasteiger partial charge in [0, 0.05) is 19.5 Å². The van der Waals surface area contributed by atoms with Gasteiger partial charge in [0.1, 0.15) is 5.01 Å². The Morgan fingerprint density at radius 3 is 2.50 bits per heavy atom. The molecule has 0 radical (unpaired) electrons. The molecule has 36 heavy (non-hydrogen) atoms. The number of nitrogens with zero attached hydrogens (tertiary/aromatic N) is 3. The lowest BCUT2D eigenvalue weighted by Crippen LogP contribution is -2.62. The van der Waals surface area contributed by atoms with Crippen molar-refractivity contribution in [1.82, 2.24) is 25.6 Å². The van der Waals surface area contributed by atoms with Crippen LogP contribution in [0.25, 0.3) is 0 Å². The number of guanidine groups is 1. The van der Waals surface area contributed by atoms with E-state index in [0.29, 0.717) is 22.6 Å². The number of carboxylic acid groups (broad SMARTS) is 1. The standard InChI is InChI=1S/C22H31N7O5S2/c1-13-10-14(2)18(15(3)11-13)36(33,34)29-22(23,20(31)32)12-16(30)19-28-27-17(35-19)6-4-5-7-24-21-25-8-9-26-21/h10-11,29H,4-9,12,23H2,1-3H3,(H,31,32)(H2,24,25,26). The Bertz CT molecular complexity index is 1250. The Kier molecular flexibility index (Phi) is 8.76. The zero-order chi connectivity index (χ0) is 26.5. The minimum absolute atomic E-state index is 0.0226. The first-order valence-electron chi connectivity index (χ1n) is 11.4. The van der Waals surface area contributed by atoms with Crippen molar-refractivity contribution in [2.45, 2.75) is 57.0 Å². The normalized spacial score (nSPS) is 15.2. The van der Waals surface area contributed by atoms with Crippen LogP contribution in [0.2, 0.25) is 0 Å². The van der Waals surface area contributed by atoms with Gasteiger partial charge in [0.2, 0.25) is 10.0 Å². The molecule has 196 valence electrons. The highest BCUT2D eigenvalue weighted by Gasteiger charge is 2.42. The van der Waals surface area contributed by atoms with Gasteiger partial charge in [-0.1, -0.05) is 29.0 Å². The lowest BCUT2D eigenvalue weighted by Gasteiger charge is -2.25. The second-order valence-corrected chi connectivity index (χ2v) is 11.4. The number of carboxylic acids is 1. The fourth-order valence-corrected chi connectivity index (χ4v) is 6.48. The number of unbranched alkanes of at least 4 members (excludes halogenated alkanes) is 1. The van der Waals surface area contributed by atoms with Crippen LogP contribution in [0.4, 0.5) is 0 Å². The second-order valence-electron chi connectivity index (χ2n) is 8.75. The Balaban J connectivity index is 1.63. The Labute approximate surface area is 213 Å². The molecule has 1 aliphatic rings. The summed E-state index contributed by atoms with van der Waals surface area (Å²) in [6, 6.07) is 3.34. The molecular weight excluding hydrogens is 506 g/mol. The molecular formula is C22H31N7O5S2. The molecule has 0 saturated heterocycles. The molecule has 6 N–H and O–H groups in total. The first-order valence-corrected chi connectivity index (χ1v) is 13.7. The number of rotatable bonds is 12. The monoisotopic (exact) mass is 537 g/mol. The van der Waals surface area contributed by atoms with E-state index in [1.54, 1.807) is 26.0 Å². The van der Waals surface area contributed by atoms with E-state index in [1.807, 2.05) is 11.6 Å². The van der Waals surface area contributed by atoms with Crippen LogP contribution >= 0.6 is 11.3 Å². The van der Waals surface area contributed by atoms with Crippen molar-refractivity contribution in [3.8, 4) is 0 Å². The van der Waals surface area contributed by atoms with Crippen LogP contribution in [-0.2, 0) is 21.2 Å². The molecule has 0 saturated carbocycles. The molecule has 0 spiro atoms. The molecule has 12 nitrogen and oxygen atoms in total. The minimum Gasteiger partial charge on any atom is -0.479 e. The molecule has 14 heteroatoms. The molecule has 0 amide bonds. The van der Waals surface area contributed by atoms with Crippen LogP contribution in [0.15, 0.2) is 22.0 Å². The number of sulfonamides is 1. The highest BCUT2D eigenvalue weighted by molar-refractivity contribution is 7.89. The van der Waals surface area contributed by atoms with Crippen LogP contribution in [-0.4, -0.2) is 66.7 Å². The van der Waals surface area contributed by atoms with Crippen molar-refractivity contribution in [2.24, 2.45) is 10.7 Å². The number of ketones is 1. The van der Waals surface area contributed by atoms with Gasteiger partial charge in [-0.15, -0.1) is 10.2 Å². The van der Waals surface area contributed by atoms with E-state index in [1.165, 1.54) is 0 Å². The van der Waals surface area contributed by atoms with Crippen molar-refractivity contribution in [3.63, 3.8) is 0 Å². The molecule has 1 aliphatic heterocycles. The number of carbonyl (C=O) groups excluding carboxylic acids is 1. The number of benzene rings is 1. The highest BCUT2D eigenvalue weighted by atomic mass is 32.2. The number of Topliss-reactive ketones (excluding diaryl/α,β-unsaturated/α-hetero) is 1. The highest BCUT2D eigenvalue weighted by Crippen LogP contribution is 2.24. The largest absolute Gasteiger partial charge is 0.479 e. The van der Waals surface area contributed by atoms with Crippen LogP contribution in [0.3, 0.4) is 0 Å². The predicted molar refractivity (Wildman–Crippen MR) is 136 cm³/mol. The fourth-order valence-electron chi connectivity index (χ4n) is 3.96. The molecule has 0 fully saturated rings. The number of aliphatic imine (C=N–C) groups is 1. The summed E-state index contributed by atoms with van der Waals surface area (Å²) in [5.74, 6) is -1.60. The minimum atomic E-state index is -4.35. The predicted octanol–water partition coefficient (Wildman–Crippen LogP) is 0.626. The number of carbonyl (C=O) groups is 2. The summed E-state index contributed by atoms with van der Waals surface area (Å²) in [6.45, 7) is 7.38. The third kappa shape index (κ3) is 6.84. The van der Waals surface area contributed by atoms with Gasteiger partial charge in [0.05, 0.1) is 17.9 Å².